The van der Waals surface area contributed by atoms with Crippen LogP contribution in [0.2, 0.25) is 5.02 Å². The van der Waals surface area contributed by atoms with Gasteiger partial charge in [-0.15, -0.1) is 10.2 Å². The Bertz CT molecular complexity index is 720. The Balaban J connectivity index is 1.60. The van der Waals surface area contributed by atoms with Crippen LogP contribution in [-0.2, 0) is 13.0 Å². The van der Waals surface area contributed by atoms with E-state index < -0.39 is 0 Å². The molecule has 1 N–H and O–H groups in total. The summed E-state index contributed by atoms with van der Waals surface area (Å²) in [6.45, 7) is 2.86. The van der Waals surface area contributed by atoms with Gasteiger partial charge in [0.2, 0.25) is 0 Å². The molecule has 2 heterocycles. The molecular formula is C16H17ClN4. The summed E-state index contributed by atoms with van der Waals surface area (Å²) in [5, 5.41) is 12.6. The van der Waals surface area contributed by atoms with Gasteiger partial charge in [0.05, 0.1) is 6.54 Å². The number of hydrogen-bond donors (Lipinski definition) is 1. The number of nitrogens with zero attached hydrogens (tertiary/aromatic N) is 3. The SMILES string of the molecule is CC(Cc1ccc(Cl)cc1)NCc1nnc2ccccn12. The average Bonchev–Trinajstić information content (AvgIpc) is 2.91. The van der Waals surface area contributed by atoms with E-state index in [0.717, 1.165) is 22.9 Å². The Morgan fingerprint density at radius 1 is 1.14 bits per heavy atom. The Hall–Kier alpha value is -1.91. The van der Waals surface area contributed by atoms with Gasteiger partial charge in [-0.3, -0.25) is 4.40 Å². The molecular weight excluding hydrogens is 284 g/mol. The molecule has 0 fully saturated rings. The first-order chi connectivity index (χ1) is 10.2. The van der Waals surface area contributed by atoms with E-state index in [0.29, 0.717) is 12.6 Å². The van der Waals surface area contributed by atoms with Crippen LogP contribution in [0.4, 0.5) is 0 Å². The Morgan fingerprint density at radius 2 is 1.95 bits per heavy atom. The van der Waals surface area contributed by atoms with Gasteiger partial charge < -0.3 is 5.32 Å². The van der Waals surface area contributed by atoms with E-state index in [1.807, 2.05) is 40.9 Å². The van der Waals surface area contributed by atoms with Crippen molar-refractivity contribution < 1.29 is 0 Å². The Kier molecular flexibility index (Phi) is 4.18. The van der Waals surface area contributed by atoms with Crippen LogP contribution in [0.3, 0.4) is 0 Å². The summed E-state index contributed by atoms with van der Waals surface area (Å²) in [7, 11) is 0. The zero-order valence-corrected chi connectivity index (χ0v) is 12.6. The molecule has 5 heteroatoms. The van der Waals surface area contributed by atoms with Crippen molar-refractivity contribution in [2.45, 2.75) is 25.9 Å². The molecule has 0 aliphatic heterocycles. The summed E-state index contributed by atoms with van der Waals surface area (Å²) in [5.74, 6) is 0.925. The molecule has 108 valence electrons. The molecule has 1 aromatic carbocycles. The van der Waals surface area contributed by atoms with Crippen molar-refractivity contribution in [3.63, 3.8) is 0 Å². The van der Waals surface area contributed by atoms with Crippen LogP contribution in [0, 0.1) is 0 Å². The fourth-order valence-corrected chi connectivity index (χ4v) is 2.45. The van der Waals surface area contributed by atoms with Gasteiger partial charge in [0.15, 0.2) is 11.5 Å². The van der Waals surface area contributed by atoms with E-state index in [4.69, 9.17) is 11.6 Å². The van der Waals surface area contributed by atoms with Gasteiger partial charge in [0, 0.05) is 17.3 Å². The van der Waals surface area contributed by atoms with Crippen molar-refractivity contribution in [3.8, 4) is 0 Å². The molecule has 0 radical (unpaired) electrons. The Morgan fingerprint density at radius 3 is 2.76 bits per heavy atom. The maximum atomic E-state index is 5.90. The van der Waals surface area contributed by atoms with Crippen molar-refractivity contribution >= 4 is 17.2 Å². The van der Waals surface area contributed by atoms with E-state index >= 15 is 0 Å². The van der Waals surface area contributed by atoms with Crippen LogP contribution >= 0.6 is 11.6 Å². The lowest BCUT2D eigenvalue weighted by Crippen LogP contribution is -2.28. The average molecular weight is 301 g/mol. The number of hydrogen-bond acceptors (Lipinski definition) is 3. The van der Waals surface area contributed by atoms with Gasteiger partial charge in [-0.1, -0.05) is 29.8 Å². The number of rotatable bonds is 5. The summed E-state index contributed by atoms with van der Waals surface area (Å²) in [4.78, 5) is 0. The number of aromatic nitrogens is 3. The monoisotopic (exact) mass is 300 g/mol. The normalized spacial score (nSPS) is 12.7. The summed E-state index contributed by atoms with van der Waals surface area (Å²) in [5.41, 5.74) is 2.14. The molecule has 4 nitrogen and oxygen atoms in total. The topological polar surface area (TPSA) is 42.2 Å². The third-order valence-corrected chi connectivity index (χ3v) is 3.70. The van der Waals surface area contributed by atoms with Gasteiger partial charge >= 0.3 is 0 Å². The zero-order valence-electron chi connectivity index (χ0n) is 11.8. The predicted octanol–water partition coefficient (Wildman–Crippen LogP) is 3.10. The third-order valence-electron chi connectivity index (χ3n) is 3.45. The maximum absolute atomic E-state index is 5.90. The fourth-order valence-electron chi connectivity index (χ4n) is 2.32. The molecule has 1 atom stereocenters. The molecule has 0 amide bonds. The lowest BCUT2D eigenvalue weighted by molar-refractivity contribution is 0.531. The molecule has 0 aliphatic carbocycles. The van der Waals surface area contributed by atoms with E-state index in [2.05, 4.69) is 34.6 Å². The summed E-state index contributed by atoms with van der Waals surface area (Å²) >= 11 is 5.90. The molecule has 0 saturated heterocycles. The van der Waals surface area contributed by atoms with E-state index in [-0.39, 0.29) is 0 Å². The highest BCUT2D eigenvalue weighted by Crippen LogP contribution is 2.11. The quantitative estimate of drug-likeness (QED) is 0.787. The lowest BCUT2D eigenvalue weighted by atomic mass is 10.1. The summed E-state index contributed by atoms with van der Waals surface area (Å²) < 4.78 is 2.00. The summed E-state index contributed by atoms with van der Waals surface area (Å²) in [6, 6.07) is 14.2. The van der Waals surface area contributed by atoms with Crippen molar-refractivity contribution in [3.05, 3.63) is 65.1 Å². The molecule has 0 aliphatic rings. The second-order valence-electron chi connectivity index (χ2n) is 5.16. The largest absolute Gasteiger partial charge is 0.307 e. The minimum atomic E-state index is 0.349. The van der Waals surface area contributed by atoms with Crippen LogP contribution in [-0.4, -0.2) is 20.6 Å². The van der Waals surface area contributed by atoms with Gasteiger partial charge in [-0.05, 0) is 43.2 Å². The van der Waals surface area contributed by atoms with Gasteiger partial charge in [0.1, 0.15) is 0 Å². The van der Waals surface area contributed by atoms with Gasteiger partial charge in [0.25, 0.3) is 0 Å². The Labute approximate surface area is 128 Å². The molecule has 1 unspecified atom stereocenters. The standard InChI is InChI=1S/C16H17ClN4/c1-12(10-13-5-7-14(17)8-6-13)18-11-16-20-19-15-4-2-3-9-21(15)16/h2-9,12,18H,10-11H2,1H3. The van der Waals surface area contributed by atoms with E-state index in [9.17, 15) is 0 Å². The second-order valence-corrected chi connectivity index (χ2v) is 5.59. The molecule has 3 aromatic rings. The summed E-state index contributed by atoms with van der Waals surface area (Å²) in [6.07, 6.45) is 2.93. The number of benzene rings is 1. The maximum Gasteiger partial charge on any atom is 0.160 e. The minimum Gasteiger partial charge on any atom is -0.307 e. The minimum absolute atomic E-state index is 0.349. The fraction of sp³-hybridized carbons (Fsp3) is 0.250. The molecule has 0 spiro atoms. The van der Waals surface area contributed by atoms with Gasteiger partial charge in [-0.2, -0.15) is 0 Å². The highest BCUT2D eigenvalue weighted by molar-refractivity contribution is 6.30. The first-order valence-corrected chi connectivity index (χ1v) is 7.36. The number of nitrogens with one attached hydrogen (secondary N) is 1. The van der Waals surface area contributed by atoms with E-state index in [1.165, 1.54) is 5.56 Å². The molecule has 2 aromatic heterocycles. The number of pyridine rings is 1. The van der Waals surface area contributed by atoms with Crippen LogP contribution in [0.5, 0.6) is 0 Å². The number of fused-ring (bicyclic) bond motifs is 1. The van der Waals surface area contributed by atoms with Crippen LogP contribution in [0.15, 0.2) is 48.7 Å². The number of halogens is 1. The molecule has 0 saturated carbocycles. The van der Waals surface area contributed by atoms with Crippen LogP contribution < -0.4 is 5.32 Å². The van der Waals surface area contributed by atoms with Crippen LogP contribution in [0.25, 0.3) is 5.65 Å². The van der Waals surface area contributed by atoms with Crippen molar-refractivity contribution in [1.29, 1.82) is 0 Å². The van der Waals surface area contributed by atoms with Crippen molar-refractivity contribution in [2.75, 3.05) is 0 Å². The second kappa shape index (κ2) is 6.24. The highest BCUT2D eigenvalue weighted by Gasteiger charge is 2.07. The zero-order chi connectivity index (χ0) is 14.7. The van der Waals surface area contributed by atoms with Crippen molar-refractivity contribution in [1.82, 2.24) is 19.9 Å². The van der Waals surface area contributed by atoms with Crippen LogP contribution in [0.1, 0.15) is 18.3 Å². The van der Waals surface area contributed by atoms with E-state index in [1.54, 1.807) is 0 Å². The molecule has 21 heavy (non-hydrogen) atoms. The predicted molar refractivity (Wildman–Crippen MR) is 84.4 cm³/mol. The third kappa shape index (κ3) is 3.40. The van der Waals surface area contributed by atoms with Crippen molar-refractivity contribution in [2.24, 2.45) is 0 Å². The van der Waals surface area contributed by atoms with Gasteiger partial charge in [-0.25, -0.2) is 0 Å². The first kappa shape index (κ1) is 14.0. The molecule has 3 rings (SSSR count). The highest BCUT2D eigenvalue weighted by atomic mass is 35.5. The first-order valence-electron chi connectivity index (χ1n) is 6.99. The lowest BCUT2D eigenvalue weighted by Gasteiger charge is -2.13. The molecule has 0 bridgehead atoms. The smallest absolute Gasteiger partial charge is 0.160 e.